The van der Waals surface area contributed by atoms with Gasteiger partial charge in [-0.3, -0.25) is 9.63 Å². The summed E-state index contributed by atoms with van der Waals surface area (Å²) in [4.78, 5) is 18.5. The van der Waals surface area contributed by atoms with E-state index in [9.17, 15) is 4.79 Å². The van der Waals surface area contributed by atoms with E-state index >= 15 is 0 Å². The molecule has 0 unspecified atom stereocenters. The minimum absolute atomic E-state index is 0.0886. The molecule has 0 aromatic heterocycles. The molecule has 3 nitrogen and oxygen atoms in total. The van der Waals surface area contributed by atoms with Crippen molar-refractivity contribution in [3.05, 3.63) is 71.3 Å². The van der Waals surface area contributed by atoms with E-state index in [1.165, 1.54) is 62.0 Å². The summed E-state index contributed by atoms with van der Waals surface area (Å²) in [6.07, 6.45) is 11.7. The maximum atomic E-state index is 12.9. The number of hydrogen-bond acceptors (Lipinski definition) is 2. The van der Waals surface area contributed by atoms with Gasteiger partial charge in [0.05, 0.1) is 13.2 Å². The molecule has 3 heteroatoms. The number of hydrogen-bond donors (Lipinski definition) is 0. The van der Waals surface area contributed by atoms with Crippen LogP contribution in [0.1, 0.15) is 86.7 Å². The Morgan fingerprint density at radius 2 is 1.38 bits per heavy atom. The molecule has 0 aliphatic rings. The Kier molecular flexibility index (Phi) is 11.1. The number of rotatable bonds is 14. The van der Waals surface area contributed by atoms with Gasteiger partial charge >= 0.3 is 0 Å². The molecule has 0 bridgehead atoms. The zero-order valence-electron chi connectivity index (χ0n) is 18.2. The Labute approximate surface area is 177 Å². The predicted molar refractivity (Wildman–Crippen MR) is 121 cm³/mol. The Balaban J connectivity index is 1.79. The van der Waals surface area contributed by atoms with Gasteiger partial charge in [-0.2, -0.15) is 0 Å². The van der Waals surface area contributed by atoms with Gasteiger partial charge in [-0.15, -0.1) is 0 Å². The van der Waals surface area contributed by atoms with Gasteiger partial charge in [0, 0.05) is 5.56 Å². The Hall–Kier alpha value is -2.13. The Bertz CT molecular complexity index is 682. The summed E-state index contributed by atoms with van der Waals surface area (Å²) in [5.74, 6) is -0.0886. The molecule has 0 aliphatic carbocycles. The molecule has 0 saturated carbocycles. The largest absolute Gasteiger partial charge is 0.277 e. The molecule has 0 atom stereocenters. The molecule has 2 rings (SSSR count). The number of carbonyl (C=O) groups is 1. The van der Waals surface area contributed by atoms with Crippen molar-refractivity contribution in [2.45, 2.75) is 78.2 Å². The van der Waals surface area contributed by atoms with Gasteiger partial charge in [0.1, 0.15) is 0 Å². The molecule has 0 radical (unpaired) electrons. The van der Waals surface area contributed by atoms with E-state index in [1.807, 2.05) is 49.4 Å². The fourth-order valence-corrected chi connectivity index (χ4v) is 3.50. The molecule has 29 heavy (non-hydrogen) atoms. The molecule has 0 saturated heterocycles. The number of amides is 1. The van der Waals surface area contributed by atoms with Crippen LogP contribution >= 0.6 is 0 Å². The normalized spacial score (nSPS) is 10.8. The highest BCUT2D eigenvalue weighted by molar-refractivity contribution is 5.93. The van der Waals surface area contributed by atoms with Crippen LogP contribution in [0.3, 0.4) is 0 Å². The average Bonchev–Trinajstić information content (AvgIpc) is 2.76. The minimum atomic E-state index is -0.0886. The van der Waals surface area contributed by atoms with Crippen LogP contribution in [0.4, 0.5) is 0 Å². The first-order chi connectivity index (χ1) is 14.2. The number of benzene rings is 2. The van der Waals surface area contributed by atoms with E-state index in [-0.39, 0.29) is 5.91 Å². The summed E-state index contributed by atoms with van der Waals surface area (Å²) in [6, 6.07) is 18.0. The smallest absolute Gasteiger partial charge is 0.271 e. The number of nitrogens with zero attached hydrogens (tertiary/aromatic N) is 1. The summed E-state index contributed by atoms with van der Waals surface area (Å²) in [6.45, 7) is 5.08. The van der Waals surface area contributed by atoms with E-state index in [0.29, 0.717) is 18.7 Å². The van der Waals surface area contributed by atoms with Crippen LogP contribution in [-0.2, 0) is 17.8 Å². The van der Waals surface area contributed by atoms with Crippen LogP contribution < -0.4 is 0 Å². The third-order valence-corrected chi connectivity index (χ3v) is 5.20. The van der Waals surface area contributed by atoms with Gasteiger partial charge < -0.3 is 0 Å². The van der Waals surface area contributed by atoms with Crippen molar-refractivity contribution in [1.29, 1.82) is 0 Å². The summed E-state index contributed by atoms with van der Waals surface area (Å²) in [7, 11) is 0. The van der Waals surface area contributed by atoms with E-state index in [4.69, 9.17) is 4.84 Å². The van der Waals surface area contributed by atoms with E-state index in [0.717, 1.165) is 12.0 Å². The SMILES string of the molecule is CCCCCCCCCCc1ccc(C(=O)N(Cc2ccccc2)OCC)cc1. The second-order valence-corrected chi connectivity index (χ2v) is 7.67. The lowest BCUT2D eigenvalue weighted by Crippen LogP contribution is -2.30. The number of unbranched alkanes of at least 4 members (excludes halogenated alkanes) is 7. The van der Waals surface area contributed by atoms with Crippen molar-refractivity contribution < 1.29 is 9.63 Å². The third-order valence-electron chi connectivity index (χ3n) is 5.20. The molecule has 0 spiro atoms. The lowest BCUT2D eigenvalue weighted by molar-refractivity contribution is -0.125. The van der Waals surface area contributed by atoms with Gasteiger partial charge in [-0.05, 0) is 43.0 Å². The molecule has 1 amide bonds. The Morgan fingerprint density at radius 3 is 2.00 bits per heavy atom. The van der Waals surface area contributed by atoms with Crippen LogP contribution in [0.25, 0.3) is 0 Å². The summed E-state index contributed by atoms with van der Waals surface area (Å²) in [5, 5.41) is 1.46. The lowest BCUT2D eigenvalue weighted by Gasteiger charge is -2.21. The first kappa shape index (κ1) is 23.2. The summed E-state index contributed by atoms with van der Waals surface area (Å²) >= 11 is 0. The third kappa shape index (κ3) is 8.82. The van der Waals surface area contributed by atoms with Crippen molar-refractivity contribution >= 4 is 5.91 Å². The van der Waals surface area contributed by atoms with E-state index in [1.54, 1.807) is 0 Å². The Morgan fingerprint density at radius 1 is 0.759 bits per heavy atom. The van der Waals surface area contributed by atoms with Gasteiger partial charge in [0.15, 0.2) is 0 Å². The monoisotopic (exact) mass is 395 g/mol. The summed E-state index contributed by atoms with van der Waals surface area (Å²) < 4.78 is 0. The maximum absolute atomic E-state index is 12.9. The maximum Gasteiger partial charge on any atom is 0.277 e. The van der Waals surface area contributed by atoms with Gasteiger partial charge in [-0.1, -0.05) is 94.3 Å². The number of hydroxylamine groups is 2. The first-order valence-corrected chi connectivity index (χ1v) is 11.3. The number of carbonyl (C=O) groups excluding carboxylic acids is 1. The van der Waals surface area contributed by atoms with Crippen LogP contribution in [0.5, 0.6) is 0 Å². The fraction of sp³-hybridized carbons (Fsp3) is 0.500. The highest BCUT2D eigenvalue weighted by atomic mass is 16.7. The summed E-state index contributed by atoms with van der Waals surface area (Å²) in [5.41, 5.74) is 3.04. The van der Waals surface area contributed by atoms with Crippen LogP contribution in [0.15, 0.2) is 54.6 Å². The van der Waals surface area contributed by atoms with Crippen LogP contribution in [0.2, 0.25) is 0 Å². The molecule has 0 heterocycles. The van der Waals surface area contributed by atoms with Gasteiger partial charge in [0.25, 0.3) is 5.91 Å². The van der Waals surface area contributed by atoms with Crippen LogP contribution in [-0.4, -0.2) is 17.6 Å². The van der Waals surface area contributed by atoms with Crippen molar-refractivity contribution in [2.24, 2.45) is 0 Å². The van der Waals surface area contributed by atoms with Gasteiger partial charge in [-0.25, -0.2) is 5.06 Å². The minimum Gasteiger partial charge on any atom is -0.271 e. The average molecular weight is 396 g/mol. The second-order valence-electron chi connectivity index (χ2n) is 7.67. The zero-order chi connectivity index (χ0) is 20.7. The van der Waals surface area contributed by atoms with Crippen molar-refractivity contribution in [2.75, 3.05) is 6.61 Å². The highest BCUT2D eigenvalue weighted by Crippen LogP contribution is 2.15. The molecule has 2 aromatic carbocycles. The van der Waals surface area contributed by atoms with Crippen LogP contribution in [0, 0.1) is 0 Å². The molecule has 0 N–H and O–H groups in total. The highest BCUT2D eigenvalue weighted by Gasteiger charge is 2.16. The van der Waals surface area contributed by atoms with Crippen molar-refractivity contribution in [3.63, 3.8) is 0 Å². The molecular formula is C26H37NO2. The zero-order valence-corrected chi connectivity index (χ0v) is 18.2. The topological polar surface area (TPSA) is 29.5 Å². The first-order valence-electron chi connectivity index (χ1n) is 11.3. The predicted octanol–water partition coefficient (Wildman–Crippen LogP) is 6.96. The lowest BCUT2D eigenvalue weighted by atomic mass is 10.0. The quantitative estimate of drug-likeness (QED) is 0.255. The van der Waals surface area contributed by atoms with Crippen molar-refractivity contribution in [3.8, 4) is 0 Å². The standard InChI is InChI=1S/C26H37NO2/c1-3-5-6-7-8-9-10-12-15-23-18-20-25(21-19-23)26(28)27(29-4-2)22-24-16-13-11-14-17-24/h11,13-14,16-21H,3-10,12,15,22H2,1-2H3. The van der Waals surface area contributed by atoms with Gasteiger partial charge in [0.2, 0.25) is 0 Å². The molecule has 2 aromatic rings. The fourth-order valence-electron chi connectivity index (χ4n) is 3.50. The molecule has 0 fully saturated rings. The molecule has 0 aliphatic heterocycles. The van der Waals surface area contributed by atoms with E-state index in [2.05, 4.69) is 19.1 Å². The number of aryl methyl sites for hydroxylation is 1. The molecule has 158 valence electrons. The molecular weight excluding hydrogens is 358 g/mol. The van der Waals surface area contributed by atoms with Crippen molar-refractivity contribution in [1.82, 2.24) is 5.06 Å². The van der Waals surface area contributed by atoms with E-state index < -0.39 is 0 Å². The second kappa shape index (κ2) is 13.9.